The number of aryl methyl sites for hydroxylation is 1. The van der Waals surface area contributed by atoms with Crippen LogP contribution in [0.15, 0.2) is 24.3 Å². The molecule has 1 saturated heterocycles. The summed E-state index contributed by atoms with van der Waals surface area (Å²) in [7, 11) is 0. The Hall–Kier alpha value is -1.75. The standard InChI is InChI=1S/C18H29N3O2/c1-4-20(5-2)18(22)21-12-10-19(11-13-21)14-15-23-17-9-7-6-8-16(17)3/h6-9H,4-5,10-15H2,1-3H3. The van der Waals surface area contributed by atoms with Gasteiger partial charge in [0.2, 0.25) is 0 Å². The summed E-state index contributed by atoms with van der Waals surface area (Å²) >= 11 is 0. The third-order valence-electron chi connectivity index (χ3n) is 4.44. The molecule has 0 radical (unpaired) electrons. The van der Waals surface area contributed by atoms with E-state index in [2.05, 4.69) is 17.9 Å². The number of carbonyl (C=O) groups excluding carboxylic acids is 1. The molecule has 1 aromatic carbocycles. The molecule has 2 rings (SSSR count). The molecule has 1 aromatic rings. The Morgan fingerprint density at radius 3 is 2.39 bits per heavy atom. The predicted octanol–water partition coefficient (Wildman–Crippen LogP) is 2.45. The molecular weight excluding hydrogens is 290 g/mol. The van der Waals surface area contributed by atoms with Gasteiger partial charge in [-0.3, -0.25) is 4.90 Å². The van der Waals surface area contributed by atoms with E-state index in [1.807, 2.05) is 41.8 Å². The van der Waals surface area contributed by atoms with Gasteiger partial charge < -0.3 is 14.5 Å². The number of carbonyl (C=O) groups is 1. The Labute approximate surface area is 139 Å². The maximum absolute atomic E-state index is 12.3. The van der Waals surface area contributed by atoms with Gasteiger partial charge in [0, 0.05) is 45.8 Å². The van der Waals surface area contributed by atoms with Crippen LogP contribution in [0.3, 0.4) is 0 Å². The summed E-state index contributed by atoms with van der Waals surface area (Å²) in [4.78, 5) is 18.5. The van der Waals surface area contributed by atoms with Gasteiger partial charge in [-0.1, -0.05) is 18.2 Å². The van der Waals surface area contributed by atoms with Crippen LogP contribution in [0.1, 0.15) is 19.4 Å². The van der Waals surface area contributed by atoms with E-state index in [1.165, 1.54) is 5.56 Å². The first kappa shape index (κ1) is 17.6. The molecule has 0 aliphatic carbocycles. The van der Waals surface area contributed by atoms with Gasteiger partial charge in [-0.2, -0.15) is 0 Å². The van der Waals surface area contributed by atoms with Crippen molar-refractivity contribution < 1.29 is 9.53 Å². The highest BCUT2D eigenvalue weighted by Crippen LogP contribution is 2.16. The van der Waals surface area contributed by atoms with E-state index in [-0.39, 0.29) is 6.03 Å². The van der Waals surface area contributed by atoms with Gasteiger partial charge in [0.15, 0.2) is 0 Å². The summed E-state index contributed by atoms with van der Waals surface area (Å²) in [5, 5.41) is 0. The fourth-order valence-electron chi connectivity index (χ4n) is 2.86. The molecule has 128 valence electrons. The van der Waals surface area contributed by atoms with Crippen molar-refractivity contribution in [2.45, 2.75) is 20.8 Å². The van der Waals surface area contributed by atoms with Crippen LogP contribution in [0.4, 0.5) is 4.79 Å². The average Bonchev–Trinajstić information content (AvgIpc) is 2.58. The summed E-state index contributed by atoms with van der Waals surface area (Å²) in [6.45, 7) is 12.7. The Balaban J connectivity index is 1.71. The first-order valence-electron chi connectivity index (χ1n) is 8.60. The number of benzene rings is 1. The van der Waals surface area contributed by atoms with E-state index in [9.17, 15) is 4.79 Å². The number of urea groups is 1. The number of hydrogen-bond acceptors (Lipinski definition) is 3. The fourth-order valence-corrected chi connectivity index (χ4v) is 2.86. The number of nitrogens with zero attached hydrogens (tertiary/aromatic N) is 3. The van der Waals surface area contributed by atoms with Crippen LogP contribution in [0.25, 0.3) is 0 Å². The van der Waals surface area contributed by atoms with Crippen LogP contribution in [-0.2, 0) is 0 Å². The minimum absolute atomic E-state index is 0.172. The summed E-state index contributed by atoms with van der Waals surface area (Å²) < 4.78 is 5.86. The van der Waals surface area contributed by atoms with Crippen molar-refractivity contribution in [2.75, 3.05) is 52.4 Å². The molecule has 1 fully saturated rings. The lowest BCUT2D eigenvalue weighted by molar-refractivity contribution is 0.107. The van der Waals surface area contributed by atoms with Gasteiger partial charge in [-0.05, 0) is 32.4 Å². The van der Waals surface area contributed by atoms with Crippen molar-refractivity contribution in [2.24, 2.45) is 0 Å². The maximum atomic E-state index is 12.3. The molecule has 0 unspecified atom stereocenters. The van der Waals surface area contributed by atoms with Crippen LogP contribution in [-0.4, -0.2) is 73.2 Å². The highest BCUT2D eigenvalue weighted by molar-refractivity contribution is 5.74. The Morgan fingerprint density at radius 2 is 1.78 bits per heavy atom. The molecule has 1 aliphatic heterocycles. The summed E-state index contributed by atoms with van der Waals surface area (Å²) in [5.41, 5.74) is 1.17. The molecular formula is C18H29N3O2. The zero-order valence-corrected chi connectivity index (χ0v) is 14.6. The molecule has 2 amide bonds. The van der Waals surface area contributed by atoms with E-state index in [0.717, 1.165) is 51.6 Å². The van der Waals surface area contributed by atoms with E-state index in [4.69, 9.17) is 4.74 Å². The van der Waals surface area contributed by atoms with E-state index >= 15 is 0 Å². The van der Waals surface area contributed by atoms with Gasteiger partial charge >= 0.3 is 6.03 Å². The molecule has 1 heterocycles. The summed E-state index contributed by atoms with van der Waals surface area (Å²) in [6, 6.07) is 8.27. The van der Waals surface area contributed by atoms with E-state index in [1.54, 1.807) is 0 Å². The topological polar surface area (TPSA) is 36.0 Å². The third-order valence-corrected chi connectivity index (χ3v) is 4.44. The fraction of sp³-hybridized carbons (Fsp3) is 0.611. The van der Waals surface area contributed by atoms with Crippen LogP contribution in [0.2, 0.25) is 0 Å². The lowest BCUT2D eigenvalue weighted by Crippen LogP contribution is -2.53. The Kier molecular flexibility index (Phi) is 6.71. The van der Waals surface area contributed by atoms with Crippen molar-refractivity contribution in [3.63, 3.8) is 0 Å². The van der Waals surface area contributed by atoms with Gasteiger partial charge in [0.1, 0.15) is 12.4 Å². The smallest absolute Gasteiger partial charge is 0.320 e. The van der Waals surface area contributed by atoms with Crippen molar-refractivity contribution in [3.05, 3.63) is 29.8 Å². The Morgan fingerprint density at radius 1 is 1.13 bits per heavy atom. The van der Waals surface area contributed by atoms with E-state index in [0.29, 0.717) is 6.61 Å². The van der Waals surface area contributed by atoms with Crippen molar-refractivity contribution in [1.29, 1.82) is 0 Å². The van der Waals surface area contributed by atoms with Crippen LogP contribution in [0.5, 0.6) is 5.75 Å². The molecule has 0 atom stereocenters. The van der Waals surface area contributed by atoms with Crippen molar-refractivity contribution >= 4 is 6.03 Å². The minimum Gasteiger partial charge on any atom is -0.492 e. The molecule has 0 spiro atoms. The lowest BCUT2D eigenvalue weighted by atomic mass is 10.2. The van der Waals surface area contributed by atoms with Gasteiger partial charge in [-0.15, -0.1) is 0 Å². The molecule has 0 bridgehead atoms. The average molecular weight is 319 g/mol. The van der Waals surface area contributed by atoms with Crippen molar-refractivity contribution in [1.82, 2.24) is 14.7 Å². The first-order valence-corrected chi connectivity index (χ1v) is 8.60. The number of rotatable bonds is 6. The number of hydrogen-bond donors (Lipinski definition) is 0. The molecule has 1 aliphatic rings. The SMILES string of the molecule is CCN(CC)C(=O)N1CCN(CCOc2ccccc2C)CC1. The monoisotopic (exact) mass is 319 g/mol. The highest BCUT2D eigenvalue weighted by Gasteiger charge is 2.23. The zero-order valence-electron chi connectivity index (χ0n) is 14.6. The lowest BCUT2D eigenvalue weighted by Gasteiger charge is -2.37. The van der Waals surface area contributed by atoms with Gasteiger partial charge in [-0.25, -0.2) is 4.79 Å². The Bertz CT molecular complexity index is 495. The highest BCUT2D eigenvalue weighted by atomic mass is 16.5. The summed E-state index contributed by atoms with van der Waals surface area (Å²) in [5.74, 6) is 0.961. The largest absolute Gasteiger partial charge is 0.492 e. The second-order valence-corrected chi connectivity index (χ2v) is 5.90. The minimum atomic E-state index is 0.172. The maximum Gasteiger partial charge on any atom is 0.320 e. The van der Waals surface area contributed by atoms with Crippen LogP contribution < -0.4 is 4.74 Å². The zero-order chi connectivity index (χ0) is 16.7. The van der Waals surface area contributed by atoms with Crippen LogP contribution >= 0.6 is 0 Å². The molecule has 5 nitrogen and oxygen atoms in total. The normalized spacial score (nSPS) is 15.5. The quantitative estimate of drug-likeness (QED) is 0.808. The van der Waals surface area contributed by atoms with E-state index < -0.39 is 0 Å². The first-order chi connectivity index (χ1) is 11.2. The third kappa shape index (κ3) is 4.86. The number of amides is 2. The second kappa shape index (κ2) is 8.77. The molecule has 0 N–H and O–H groups in total. The predicted molar refractivity (Wildman–Crippen MR) is 93.0 cm³/mol. The van der Waals surface area contributed by atoms with Gasteiger partial charge in [0.05, 0.1) is 0 Å². The number of piperazine rings is 1. The molecule has 23 heavy (non-hydrogen) atoms. The second-order valence-electron chi connectivity index (χ2n) is 5.90. The summed E-state index contributed by atoms with van der Waals surface area (Å²) in [6.07, 6.45) is 0. The molecule has 0 aromatic heterocycles. The number of ether oxygens (including phenoxy) is 1. The van der Waals surface area contributed by atoms with Crippen molar-refractivity contribution in [3.8, 4) is 5.75 Å². The van der Waals surface area contributed by atoms with Crippen LogP contribution in [0, 0.1) is 6.92 Å². The molecule has 5 heteroatoms. The number of para-hydroxylation sites is 1. The van der Waals surface area contributed by atoms with Gasteiger partial charge in [0.25, 0.3) is 0 Å². The molecule has 0 saturated carbocycles.